The third-order valence-corrected chi connectivity index (χ3v) is 3.85. The van der Waals surface area contributed by atoms with E-state index >= 15 is 0 Å². The highest BCUT2D eigenvalue weighted by Crippen LogP contribution is 2.46. The van der Waals surface area contributed by atoms with Crippen molar-refractivity contribution in [3.63, 3.8) is 0 Å². The lowest BCUT2D eigenvalue weighted by atomic mass is 9.78. The van der Waals surface area contributed by atoms with E-state index in [0.717, 1.165) is 5.92 Å². The molecule has 1 aliphatic rings. The van der Waals surface area contributed by atoms with Crippen molar-refractivity contribution in [2.24, 2.45) is 11.3 Å². The van der Waals surface area contributed by atoms with Gasteiger partial charge in [0.15, 0.2) is 0 Å². The molecule has 0 aromatic carbocycles. The molecule has 0 heterocycles. The van der Waals surface area contributed by atoms with E-state index < -0.39 is 0 Å². The van der Waals surface area contributed by atoms with E-state index in [-0.39, 0.29) is 0 Å². The molecule has 0 aromatic rings. The maximum atomic E-state index is 5.54. The predicted octanol–water partition coefficient (Wildman–Crippen LogP) is 3.63. The molecular weight excluding hydrogens is 160 g/mol. The Labute approximate surface area is 82.9 Å². The maximum Gasteiger partial charge on any atom is 0.0625 e. The Kier molecular flexibility index (Phi) is 3.78. The van der Waals surface area contributed by atoms with Crippen LogP contribution in [0.5, 0.6) is 0 Å². The van der Waals surface area contributed by atoms with E-state index in [0.29, 0.717) is 11.5 Å². The van der Waals surface area contributed by atoms with E-state index in [4.69, 9.17) is 4.74 Å². The first kappa shape index (κ1) is 11.0. The zero-order valence-corrected chi connectivity index (χ0v) is 9.60. The average Bonchev–Trinajstić information content (AvgIpc) is 2.37. The topological polar surface area (TPSA) is 9.23 Å². The van der Waals surface area contributed by atoms with Crippen LogP contribution in [0.3, 0.4) is 0 Å². The molecule has 0 bridgehead atoms. The predicted molar refractivity (Wildman–Crippen MR) is 56.8 cm³/mol. The lowest BCUT2D eigenvalue weighted by Gasteiger charge is -2.32. The monoisotopic (exact) mass is 184 g/mol. The Balaban J connectivity index is 2.48. The molecule has 0 amide bonds. The molecule has 2 atom stereocenters. The van der Waals surface area contributed by atoms with Crippen LogP contribution in [0.1, 0.15) is 52.9 Å². The van der Waals surface area contributed by atoms with Crippen molar-refractivity contribution in [1.29, 1.82) is 0 Å². The van der Waals surface area contributed by atoms with E-state index in [2.05, 4.69) is 20.8 Å². The fraction of sp³-hybridized carbons (Fsp3) is 1.00. The first-order chi connectivity index (χ1) is 6.12. The van der Waals surface area contributed by atoms with Gasteiger partial charge in [0.1, 0.15) is 0 Å². The van der Waals surface area contributed by atoms with Crippen LogP contribution in [0, 0.1) is 11.3 Å². The molecular formula is C12H24O. The fourth-order valence-corrected chi connectivity index (χ4v) is 2.75. The summed E-state index contributed by atoms with van der Waals surface area (Å²) in [5, 5.41) is 0. The van der Waals surface area contributed by atoms with Gasteiger partial charge in [0.05, 0.1) is 6.10 Å². The van der Waals surface area contributed by atoms with Crippen LogP contribution in [0.4, 0.5) is 0 Å². The van der Waals surface area contributed by atoms with Gasteiger partial charge >= 0.3 is 0 Å². The molecule has 0 radical (unpaired) electrons. The van der Waals surface area contributed by atoms with Crippen molar-refractivity contribution in [3.8, 4) is 0 Å². The summed E-state index contributed by atoms with van der Waals surface area (Å²) >= 11 is 0. The Morgan fingerprint density at radius 2 is 2.00 bits per heavy atom. The standard InChI is InChI=1S/C12H24O/c1-5-6-7-10-8-9-11(13-4)12(10,2)3/h10-11H,5-9H2,1-4H3. The van der Waals surface area contributed by atoms with Crippen molar-refractivity contribution in [2.75, 3.05) is 7.11 Å². The minimum absolute atomic E-state index is 0.407. The summed E-state index contributed by atoms with van der Waals surface area (Å²) < 4.78 is 5.54. The number of hydrogen-bond acceptors (Lipinski definition) is 1. The van der Waals surface area contributed by atoms with Crippen molar-refractivity contribution in [1.82, 2.24) is 0 Å². The molecule has 1 fully saturated rings. The maximum absolute atomic E-state index is 5.54. The summed E-state index contributed by atoms with van der Waals surface area (Å²) in [6.07, 6.45) is 7.22. The van der Waals surface area contributed by atoms with Gasteiger partial charge in [-0.1, -0.05) is 33.6 Å². The molecule has 13 heavy (non-hydrogen) atoms. The van der Waals surface area contributed by atoms with E-state index in [9.17, 15) is 0 Å². The third kappa shape index (κ3) is 2.25. The van der Waals surface area contributed by atoms with Crippen molar-refractivity contribution >= 4 is 0 Å². The quantitative estimate of drug-likeness (QED) is 0.648. The smallest absolute Gasteiger partial charge is 0.0625 e. The number of methoxy groups -OCH3 is 1. The summed E-state index contributed by atoms with van der Waals surface area (Å²) in [7, 11) is 1.86. The lowest BCUT2D eigenvalue weighted by molar-refractivity contribution is 0.0109. The highest BCUT2D eigenvalue weighted by Gasteiger charge is 2.42. The average molecular weight is 184 g/mol. The van der Waals surface area contributed by atoms with Gasteiger partial charge < -0.3 is 4.74 Å². The largest absolute Gasteiger partial charge is 0.381 e. The Bertz CT molecular complexity index is 151. The van der Waals surface area contributed by atoms with Crippen LogP contribution in [0.2, 0.25) is 0 Å². The van der Waals surface area contributed by atoms with Crippen molar-refractivity contribution in [3.05, 3.63) is 0 Å². The number of ether oxygens (including phenoxy) is 1. The Morgan fingerprint density at radius 1 is 1.31 bits per heavy atom. The lowest BCUT2D eigenvalue weighted by Crippen LogP contribution is -2.30. The highest BCUT2D eigenvalue weighted by molar-refractivity contribution is 4.92. The van der Waals surface area contributed by atoms with Gasteiger partial charge in [-0.25, -0.2) is 0 Å². The molecule has 0 aliphatic heterocycles. The van der Waals surface area contributed by atoms with Gasteiger partial charge in [-0.3, -0.25) is 0 Å². The number of unbranched alkanes of at least 4 members (excludes halogenated alkanes) is 1. The molecule has 2 unspecified atom stereocenters. The van der Waals surface area contributed by atoms with E-state index in [1.54, 1.807) is 0 Å². The molecule has 0 N–H and O–H groups in total. The molecule has 1 aliphatic carbocycles. The molecule has 0 aromatic heterocycles. The Morgan fingerprint density at radius 3 is 2.46 bits per heavy atom. The van der Waals surface area contributed by atoms with Gasteiger partial charge in [-0.05, 0) is 30.6 Å². The molecule has 78 valence electrons. The van der Waals surface area contributed by atoms with Gasteiger partial charge in [-0.15, -0.1) is 0 Å². The zero-order valence-electron chi connectivity index (χ0n) is 9.60. The second-order valence-corrected chi connectivity index (χ2v) is 4.96. The first-order valence-electron chi connectivity index (χ1n) is 5.65. The fourth-order valence-electron chi connectivity index (χ4n) is 2.75. The van der Waals surface area contributed by atoms with Crippen molar-refractivity contribution < 1.29 is 4.74 Å². The summed E-state index contributed by atoms with van der Waals surface area (Å²) in [6, 6.07) is 0. The summed E-state index contributed by atoms with van der Waals surface area (Å²) in [5.74, 6) is 0.886. The second-order valence-electron chi connectivity index (χ2n) is 4.96. The van der Waals surface area contributed by atoms with Crippen LogP contribution in [-0.2, 0) is 4.74 Å². The van der Waals surface area contributed by atoms with Crippen LogP contribution in [-0.4, -0.2) is 13.2 Å². The second kappa shape index (κ2) is 4.45. The number of rotatable bonds is 4. The molecule has 0 saturated heterocycles. The van der Waals surface area contributed by atoms with E-state index in [1.807, 2.05) is 7.11 Å². The molecule has 1 saturated carbocycles. The minimum atomic E-state index is 0.407. The van der Waals surface area contributed by atoms with Crippen LogP contribution in [0.25, 0.3) is 0 Å². The van der Waals surface area contributed by atoms with Crippen LogP contribution < -0.4 is 0 Å². The Hall–Kier alpha value is -0.0400. The molecule has 0 spiro atoms. The summed E-state index contributed by atoms with van der Waals surface area (Å²) in [4.78, 5) is 0. The normalized spacial score (nSPS) is 32.3. The minimum Gasteiger partial charge on any atom is -0.381 e. The molecule has 1 rings (SSSR count). The third-order valence-electron chi connectivity index (χ3n) is 3.85. The van der Waals surface area contributed by atoms with Gasteiger partial charge in [0.2, 0.25) is 0 Å². The highest BCUT2D eigenvalue weighted by atomic mass is 16.5. The molecule has 1 nitrogen and oxygen atoms in total. The molecule has 1 heteroatoms. The zero-order chi connectivity index (χ0) is 9.90. The summed E-state index contributed by atoms with van der Waals surface area (Å²) in [6.45, 7) is 7.01. The SMILES string of the molecule is CCCCC1CCC(OC)C1(C)C. The van der Waals surface area contributed by atoms with E-state index in [1.165, 1.54) is 32.1 Å². The van der Waals surface area contributed by atoms with Gasteiger partial charge in [0, 0.05) is 7.11 Å². The number of hydrogen-bond donors (Lipinski definition) is 0. The summed E-state index contributed by atoms with van der Waals surface area (Å²) in [5.41, 5.74) is 0.407. The van der Waals surface area contributed by atoms with Gasteiger partial charge in [0.25, 0.3) is 0 Å². The van der Waals surface area contributed by atoms with Crippen LogP contribution >= 0.6 is 0 Å². The first-order valence-corrected chi connectivity index (χ1v) is 5.65. The van der Waals surface area contributed by atoms with Gasteiger partial charge in [-0.2, -0.15) is 0 Å². The van der Waals surface area contributed by atoms with Crippen molar-refractivity contribution in [2.45, 2.75) is 59.0 Å². The van der Waals surface area contributed by atoms with Crippen LogP contribution in [0.15, 0.2) is 0 Å².